The maximum atomic E-state index is 13.8. The number of rotatable bonds is 14. The zero-order chi connectivity index (χ0) is 36.3. The highest BCUT2D eigenvalue weighted by Crippen LogP contribution is 2.34. The molecule has 1 fully saturated rings. The first-order valence-electron chi connectivity index (χ1n) is 17.6. The molecule has 0 radical (unpaired) electrons. The highest BCUT2D eigenvalue weighted by molar-refractivity contribution is 6.32. The molecular weight excluding hydrogens is 677 g/mol. The molecule has 0 aliphatic carbocycles. The largest absolute Gasteiger partial charge is 0.492 e. The van der Waals surface area contributed by atoms with Gasteiger partial charge in [0.25, 0.3) is 0 Å². The van der Waals surface area contributed by atoms with E-state index >= 15 is 0 Å². The lowest BCUT2D eigenvalue weighted by molar-refractivity contribution is -0.127. The predicted octanol–water partition coefficient (Wildman–Crippen LogP) is 8.88. The van der Waals surface area contributed by atoms with Crippen LogP contribution in [0.15, 0.2) is 109 Å². The van der Waals surface area contributed by atoms with Gasteiger partial charge < -0.3 is 19.1 Å². The Morgan fingerprint density at radius 3 is 2.17 bits per heavy atom. The summed E-state index contributed by atoms with van der Waals surface area (Å²) in [5, 5.41) is 0.435. The van der Waals surface area contributed by atoms with Crippen molar-refractivity contribution in [2.45, 2.75) is 33.2 Å². The van der Waals surface area contributed by atoms with Gasteiger partial charge in [0.05, 0.1) is 24.4 Å². The van der Waals surface area contributed by atoms with Crippen molar-refractivity contribution in [2.75, 3.05) is 39.4 Å². The van der Waals surface area contributed by atoms with Crippen LogP contribution in [0.3, 0.4) is 0 Å². The Morgan fingerprint density at radius 2 is 1.50 bits per heavy atom. The molecule has 0 atom stereocenters. The molecule has 1 aliphatic rings. The monoisotopic (exact) mass is 719 g/mol. The van der Waals surface area contributed by atoms with Gasteiger partial charge in [-0.2, -0.15) is 0 Å². The van der Waals surface area contributed by atoms with Gasteiger partial charge in [0, 0.05) is 57.7 Å². The number of hydrogen-bond donors (Lipinski definition) is 0. The molecule has 268 valence electrons. The molecule has 1 saturated heterocycles. The first kappa shape index (κ1) is 36.6. The van der Waals surface area contributed by atoms with E-state index in [1.165, 1.54) is 22.8 Å². The number of carbonyl (C=O) groups excluding carboxylic acids is 1. The molecule has 0 unspecified atom stereocenters. The van der Waals surface area contributed by atoms with E-state index in [1.807, 2.05) is 24.0 Å². The van der Waals surface area contributed by atoms with Crippen molar-refractivity contribution in [1.29, 1.82) is 0 Å². The van der Waals surface area contributed by atoms with Gasteiger partial charge in [0.2, 0.25) is 11.8 Å². The van der Waals surface area contributed by atoms with E-state index in [2.05, 4.69) is 65.3 Å². The van der Waals surface area contributed by atoms with E-state index in [4.69, 9.17) is 25.8 Å². The van der Waals surface area contributed by atoms with E-state index in [0.29, 0.717) is 55.1 Å². The third kappa shape index (κ3) is 10.4. The van der Waals surface area contributed by atoms with E-state index < -0.39 is 0 Å². The molecule has 4 aromatic carbocycles. The van der Waals surface area contributed by atoms with E-state index in [1.54, 1.807) is 48.7 Å². The maximum absolute atomic E-state index is 13.8. The fourth-order valence-corrected chi connectivity index (χ4v) is 6.26. The average Bonchev–Trinajstić information content (AvgIpc) is 3.15. The minimum atomic E-state index is -0.347. The SMILES string of the molecule is Cc1ccc(CCOc2ccc(Oc3c(C)cc(C=CC(=O)N4CCN(Cc5ccc(CCOc6ccccc6F)cc5)CC4)cc3Cl)nc2)cc1. The summed E-state index contributed by atoms with van der Waals surface area (Å²) in [7, 11) is 0. The molecule has 0 bridgehead atoms. The smallest absolute Gasteiger partial charge is 0.246 e. The minimum Gasteiger partial charge on any atom is -0.492 e. The molecule has 2 heterocycles. The van der Waals surface area contributed by atoms with Gasteiger partial charge >= 0.3 is 0 Å². The summed E-state index contributed by atoms with van der Waals surface area (Å²) in [6.45, 7) is 8.68. The van der Waals surface area contributed by atoms with Gasteiger partial charge in [-0.1, -0.05) is 77.8 Å². The maximum Gasteiger partial charge on any atom is 0.246 e. The number of carbonyl (C=O) groups is 1. The van der Waals surface area contributed by atoms with E-state index in [-0.39, 0.29) is 17.5 Å². The zero-order valence-electron chi connectivity index (χ0n) is 29.6. The highest BCUT2D eigenvalue weighted by atomic mass is 35.5. The van der Waals surface area contributed by atoms with Crippen LogP contribution < -0.4 is 14.2 Å². The second-order valence-electron chi connectivity index (χ2n) is 12.9. The molecule has 5 aromatic rings. The fourth-order valence-electron chi connectivity index (χ4n) is 5.95. The molecule has 7 nitrogen and oxygen atoms in total. The molecule has 1 aliphatic heterocycles. The normalized spacial score (nSPS) is 13.3. The van der Waals surface area contributed by atoms with Crippen LogP contribution in [0.2, 0.25) is 5.02 Å². The summed E-state index contributed by atoms with van der Waals surface area (Å²) in [6, 6.07) is 30.6. The van der Waals surface area contributed by atoms with Gasteiger partial charge in [-0.25, -0.2) is 9.37 Å². The van der Waals surface area contributed by atoms with Crippen molar-refractivity contribution in [3.63, 3.8) is 0 Å². The molecule has 0 spiro atoms. The highest BCUT2D eigenvalue weighted by Gasteiger charge is 2.20. The van der Waals surface area contributed by atoms with Gasteiger partial charge in [-0.15, -0.1) is 0 Å². The number of amides is 1. The van der Waals surface area contributed by atoms with Gasteiger partial charge in [-0.05, 0) is 78.1 Å². The van der Waals surface area contributed by atoms with Crippen LogP contribution in [0.4, 0.5) is 4.39 Å². The lowest BCUT2D eigenvalue weighted by atomic mass is 10.1. The molecule has 6 rings (SSSR count). The summed E-state index contributed by atoms with van der Waals surface area (Å²) in [4.78, 5) is 21.7. The number of piperazine rings is 1. The van der Waals surface area contributed by atoms with Crippen molar-refractivity contribution in [3.05, 3.63) is 154 Å². The Morgan fingerprint density at radius 1 is 0.827 bits per heavy atom. The number of aromatic nitrogens is 1. The Bertz CT molecular complexity index is 1940. The lowest BCUT2D eigenvalue weighted by Gasteiger charge is -2.34. The van der Waals surface area contributed by atoms with Crippen LogP contribution in [-0.2, 0) is 24.2 Å². The van der Waals surface area contributed by atoms with Crippen molar-refractivity contribution in [1.82, 2.24) is 14.8 Å². The Labute approximate surface area is 310 Å². The molecule has 52 heavy (non-hydrogen) atoms. The van der Waals surface area contributed by atoms with Gasteiger partial charge in [0.15, 0.2) is 17.3 Å². The minimum absolute atomic E-state index is 0.0268. The summed E-state index contributed by atoms with van der Waals surface area (Å²) in [5.74, 6) is 1.50. The lowest BCUT2D eigenvalue weighted by Crippen LogP contribution is -2.47. The third-order valence-electron chi connectivity index (χ3n) is 8.96. The molecular formula is C43H43ClFN3O4. The Kier molecular flexibility index (Phi) is 12.6. The zero-order valence-corrected chi connectivity index (χ0v) is 30.3. The predicted molar refractivity (Wildman–Crippen MR) is 204 cm³/mol. The molecule has 9 heteroatoms. The number of para-hydroxylation sites is 1. The van der Waals surface area contributed by atoms with Crippen LogP contribution in [0, 0.1) is 19.7 Å². The summed E-state index contributed by atoms with van der Waals surface area (Å²) in [5.41, 5.74) is 6.46. The third-order valence-corrected chi connectivity index (χ3v) is 9.24. The Balaban J connectivity index is 0.924. The van der Waals surface area contributed by atoms with E-state index in [0.717, 1.165) is 42.7 Å². The van der Waals surface area contributed by atoms with Crippen molar-refractivity contribution >= 4 is 23.6 Å². The molecule has 1 amide bonds. The van der Waals surface area contributed by atoms with Crippen molar-refractivity contribution in [3.8, 4) is 23.1 Å². The average molecular weight is 720 g/mol. The second kappa shape index (κ2) is 17.8. The van der Waals surface area contributed by atoms with E-state index in [9.17, 15) is 9.18 Å². The number of hydrogen-bond acceptors (Lipinski definition) is 6. The quantitative estimate of drug-likeness (QED) is 0.107. The van der Waals surface area contributed by atoms with Gasteiger partial charge in [-0.3, -0.25) is 9.69 Å². The summed E-state index contributed by atoms with van der Waals surface area (Å²) >= 11 is 6.63. The molecule has 0 N–H and O–H groups in total. The Hall–Kier alpha value is -5.18. The molecule has 0 saturated carbocycles. The van der Waals surface area contributed by atoms with Gasteiger partial charge in [0.1, 0.15) is 5.75 Å². The number of nitrogens with zero attached hydrogens (tertiary/aromatic N) is 3. The number of ether oxygens (including phenoxy) is 3. The number of aryl methyl sites for hydroxylation is 2. The van der Waals surface area contributed by atoms with Crippen LogP contribution in [0.5, 0.6) is 23.1 Å². The standard InChI is InChI=1S/C43H43ClFN3O4/c1-31-7-9-33(10-8-31)19-25-50-37-16-17-41(46-29-37)52-43-32(2)27-36(28-38(43)44)15-18-42(49)48-23-21-47(22-24-48)30-35-13-11-34(12-14-35)20-26-51-40-6-4-3-5-39(40)45/h3-18,27-29H,19-26,30H2,1-2H3. The summed E-state index contributed by atoms with van der Waals surface area (Å²) < 4.78 is 31.2. The first-order valence-corrected chi connectivity index (χ1v) is 17.9. The molecule has 1 aromatic heterocycles. The van der Waals surface area contributed by atoms with Crippen LogP contribution >= 0.6 is 11.6 Å². The second-order valence-corrected chi connectivity index (χ2v) is 13.4. The number of pyridine rings is 1. The van der Waals surface area contributed by atoms with Crippen LogP contribution in [0.25, 0.3) is 6.08 Å². The topological polar surface area (TPSA) is 64.1 Å². The number of halogens is 2. The van der Waals surface area contributed by atoms with Crippen LogP contribution in [-0.4, -0.2) is 60.1 Å². The number of benzene rings is 4. The first-order chi connectivity index (χ1) is 25.3. The van der Waals surface area contributed by atoms with Crippen molar-refractivity contribution < 1.29 is 23.4 Å². The van der Waals surface area contributed by atoms with Crippen molar-refractivity contribution in [2.24, 2.45) is 0 Å². The van der Waals surface area contributed by atoms with Crippen LogP contribution in [0.1, 0.15) is 33.4 Å². The fraction of sp³-hybridized carbons (Fsp3) is 0.256. The summed E-state index contributed by atoms with van der Waals surface area (Å²) in [6.07, 6.45) is 6.55.